The summed E-state index contributed by atoms with van der Waals surface area (Å²) in [5.41, 5.74) is 0. The number of nitrogens with zero attached hydrogens (tertiary/aromatic N) is 3. The van der Waals surface area contributed by atoms with Gasteiger partial charge in [0.2, 0.25) is 5.91 Å². The van der Waals surface area contributed by atoms with Crippen molar-refractivity contribution in [2.24, 2.45) is 0 Å². The normalized spacial score (nSPS) is 15.0. The molecule has 2 heterocycles. The second-order valence-electron chi connectivity index (χ2n) is 4.22. The number of rotatable bonds is 5. The fourth-order valence-electron chi connectivity index (χ4n) is 1.83. The van der Waals surface area contributed by atoms with E-state index in [0.29, 0.717) is 50.1 Å². The van der Waals surface area contributed by atoms with Crippen molar-refractivity contribution in [2.75, 3.05) is 45.3 Å². The summed E-state index contributed by atoms with van der Waals surface area (Å²) >= 11 is 5.96. The average Bonchev–Trinajstić information content (AvgIpc) is 2.50. The molecule has 1 aliphatic heterocycles. The first-order chi connectivity index (χ1) is 9.70. The smallest absolute Gasteiger partial charge is 0.318 e. The first-order valence-electron chi connectivity index (χ1n) is 6.36. The zero-order valence-corrected chi connectivity index (χ0v) is 12.0. The van der Waals surface area contributed by atoms with Crippen LogP contribution in [0.1, 0.15) is 6.42 Å². The van der Waals surface area contributed by atoms with E-state index >= 15 is 0 Å². The molecule has 1 aromatic rings. The van der Waals surface area contributed by atoms with Crippen molar-refractivity contribution in [3.63, 3.8) is 0 Å². The standard InChI is InChI=1S/C12H17ClN4O3/c1-19-12-15-8-9(13)11(16-12)14-3-2-10(18)17-4-6-20-7-5-17/h8H,2-7H2,1H3,(H,14,15,16). The number of ether oxygens (including phenoxy) is 2. The number of amides is 1. The number of hydrogen-bond donors (Lipinski definition) is 1. The Balaban J connectivity index is 1.81. The molecule has 2 rings (SSSR count). The second kappa shape index (κ2) is 7.25. The molecule has 1 amide bonds. The van der Waals surface area contributed by atoms with Gasteiger partial charge in [0.15, 0.2) is 5.82 Å². The van der Waals surface area contributed by atoms with Crippen LogP contribution in [-0.4, -0.2) is 60.7 Å². The molecular weight excluding hydrogens is 284 g/mol. The van der Waals surface area contributed by atoms with Crippen molar-refractivity contribution >= 4 is 23.3 Å². The van der Waals surface area contributed by atoms with Gasteiger partial charge in [-0.1, -0.05) is 11.6 Å². The molecule has 1 fully saturated rings. The van der Waals surface area contributed by atoms with Crippen molar-refractivity contribution < 1.29 is 14.3 Å². The molecule has 1 aromatic heterocycles. The third kappa shape index (κ3) is 3.94. The van der Waals surface area contributed by atoms with Crippen LogP contribution in [0.15, 0.2) is 6.20 Å². The predicted molar refractivity (Wildman–Crippen MR) is 74.1 cm³/mol. The summed E-state index contributed by atoms with van der Waals surface area (Å²) in [4.78, 5) is 21.7. The maximum Gasteiger partial charge on any atom is 0.318 e. The Morgan fingerprint density at radius 1 is 1.55 bits per heavy atom. The van der Waals surface area contributed by atoms with Gasteiger partial charge in [0.25, 0.3) is 0 Å². The molecule has 0 spiro atoms. The molecule has 0 atom stereocenters. The SMILES string of the molecule is COc1ncc(Cl)c(NCCC(=O)N2CCOCC2)n1. The Labute approximate surface area is 122 Å². The fraction of sp³-hybridized carbons (Fsp3) is 0.583. The molecule has 8 heteroatoms. The first kappa shape index (κ1) is 14.8. The number of methoxy groups -OCH3 is 1. The van der Waals surface area contributed by atoms with Gasteiger partial charge in [-0.3, -0.25) is 4.79 Å². The maximum atomic E-state index is 11.9. The van der Waals surface area contributed by atoms with Crippen molar-refractivity contribution in [3.05, 3.63) is 11.2 Å². The van der Waals surface area contributed by atoms with Crippen molar-refractivity contribution in [1.29, 1.82) is 0 Å². The summed E-state index contributed by atoms with van der Waals surface area (Å²) in [6.45, 7) is 2.97. The topological polar surface area (TPSA) is 76.6 Å². The number of aromatic nitrogens is 2. The van der Waals surface area contributed by atoms with Crippen molar-refractivity contribution in [2.45, 2.75) is 6.42 Å². The minimum absolute atomic E-state index is 0.0953. The van der Waals surface area contributed by atoms with E-state index in [-0.39, 0.29) is 11.9 Å². The Bertz CT molecular complexity index is 466. The van der Waals surface area contributed by atoms with E-state index in [9.17, 15) is 4.79 Å². The van der Waals surface area contributed by atoms with Gasteiger partial charge >= 0.3 is 6.01 Å². The number of halogens is 1. The summed E-state index contributed by atoms with van der Waals surface area (Å²) in [5, 5.41) is 3.41. The summed E-state index contributed by atoms with van der Waals surface area (Å²) < 4.78 is 10.1. The van der Waals surface area contributed by atoms with Crippen LogP contribution in [0.25, 0.3) is 0 Å². The molecule has 110 valence electrons. The number of carbonyl (C=O) groups is 1. The van der Waals surface area contributed by atoms with E-state index in [1.807, 2.05) is 0 Å². The molecule has 20 heavy (non-hydrogen) atoms. The predicted octanol–water partition coefficient (Wildman–Crippen LogP) is 0.799. The van der Waals surface area contributed by atoms with Crippen LogP contribution in [0.2, 0.25) is 5.02 Å². The van der Waals surface area contributed by atoms with Crippen molar-refractivity contribution in [1.82, 2.24) is 14.9 Å². The fourth-order valence-corrected chi connectivity index (χ4v) is 1.99. The van der Waals surface area contributed by atoms with Gasteiger partial charge in [-0.2, -0.15) is 4.98 Å². The van der Waals surface area contributed by atoms with E-state index in [4.69, 9.17) is 21.1 Å². The van der Waals surface area contributed by atoms with Crippen LogP contribution in [0.4, 0.5) is 5.82 Å². The lowest BCUT2D eigenvalue weighted by Gasteiger charge is -2.26. The Morgan fingerprint density at radius 2 is 2.30 bits per heavy atom. The number of nitrogens with one attached hydrogen (secondary N) is 1. The summed E-state index contributed by atoms with van der Waals surface area (Å²) in [7, 11) is 1.48. The molecule has 7 nitrogen and oxygen atoms in total. The minimum atomic E-state index is 0.0953. The summed E-state index contributed by atoms with van der Waals surface area (Å²) in [6.07, 6.45) is 1.84. The molecule has 0 bridgehead atoms. The summed E-state index contributed by atoms with van der Waals surface area (Å²) in [5.74, 6) is 0.561. The number of morpholine rings is 1. The van der Waals surface area contributed by atoms with E-state index < -0.39 is 0 Å². The molecular formula is C12H17ClN4O3. The maximum absolute atomic E-state index is 11.9. The van der Waals surface area contributed by atoms with Gasteiger partial charge < -0.3 is 19.7 Å². The lowest BCUT2D eigenvalue weighted by Crippen LogP contribution is -2.41. The van der Waals surface area contributed by atoms with E-state index in [0.717, 1.165) is 0 Å². The molecule has 0 unspecified atom stereocenters. The van der Waals surface area contributed by atoms with E-state index in [1.54, 1.807) is 4.90 Å². The zero-order chi connectivity index (χ0) is 14.4. The van der Waals surface area contributed by atoms with Crippen LogP contribution in [-0.2, 0) is 9.53 Å². The van der Waals surface area contributed by atoms with E-state index in [2.05, 4.69) is 15.3 Å². The molecule has 0 aliphatic carbocycles. The van der Waals surface area contributed by atoms with Gasteiger partial charge in [0.1, 0.15) is 5.02 Å². The van der Waals surface area contributed by atoms with Crippen LogP contribution in [0, 0.1) is 0 Å². The third-order valence-electron chi connectivity index (χ3n) is 2.90. The Hall–Kier alpha value is -1.60. The van der Waals surface area contributed by atoms with Crippen LogP contribution in [0.5, 0.6) is 6.01 Å². The lowest BCUT2D eigenvalue weighted by atomic mass is 10.3. The Kier molecular flexibility index (Phi) is 5.37. The highest BCUT2D eigenvalue weighted by molar-refractivity contribution is 6.32. The van der Waals surface area contributed by atoms with Crippen LogP contribution in [0.3, 0.4) is 0 Å². The first-order valence-corrected chi connectivity index (χ1v) is 6.74. The molecule has 0 radical (unpaired) electrons. The molecule has 0 saturated carbocycles. The second-order valence-corrected chi connectivity index (χ2v) is 4.63. The van der Waals surface area contributed by atoms with Gasteiger partial charge in [-0.05, 0) is 0 Å². The number of carbonyl (C=O) groups excluding carboxylic acids is 1. The molecule has 1 N–H and O–H groups in total. The largest absolute Gasteiger partial charge is 0.467 e. The highest BCUT2D eigenvalue weighted by Gasteiger charge is 2.16. The van der Waals surface area contributed by atoms with Gasteiger partial charge in [0.05, 0.1) is 26.5 Å². The van der Waals surface area contributed by atoms with Crippen molar-refractivity contribution in [3.8, 4) is 6.01 Å². The quantitative estimate of drug-likeness (QED) is 0.867. The zero-order valence-electron chi connectivity index (χ0n) is 11.3. The number of anilines is 1. The summed E-state index contributed by atoms with van der Waals surface area (Å²) in [6, 6.07) is 0.233. The minimum Gasteiger partial charge on any atom is -0.467 e. The van der Waals surface area contributed by atoms with Crippen LogP contribution >= 0.6 is 11.6 Å². The van der Waals surface area contributed by atoms with E-state index in [1.165, 1.54) is 13.3 Å². The van der Waals surface area contributed by atoms with Gasteiger partial charge in [-0.15, -0.1) is 0 Å². The highest BCUT2D eigenvalue weighted by Crippen LogP contribution is 2.19. The molecule has 0 aromatic carbocycles. The number of hydrogen-bond acceptors (Lipinski definition) is 6. The van der Waals surface area contributed by atoms with Crippen LogP contribution < -0.4 is 10.1 Å². The Morgan fingerprint density at radius 3 is 3.00 bits per heavy atom. The van der Waals surface area contributed by atoms with Gasteiger partial charge in [-0.25, -0.2) is 4.98 Å². The highest BCUT2D eigenvalue weighted by atomic mass is 35.5. The monoisotopic (exact) mass is 300 g/mol. The third-order valence-corrected chi connectivity index (χ3v) is 3.18. The van der Waals surface area contributed by atoms with Gasteiger partial charge in [0, 0.05) is 26.1 Å². The molecule has 1 aliphatic rings. The molecule has 1 saturated heterocycles. The lowest BCUT2D eigenvalue weighted by molar-refractivity contribution is -0.134. The average molecular weight is 301 g/mol.